The molecular formula is C15H29N4O2+. The molecule has 0 saturated heterocycles. The molecule has 3 atom stereocenters. The Hall–Kier alpha value is -1.61. The number of nitrogens with one attached hydrogen (secondary N) is 3. The van der Waals surface area contributed by atoms with Crippen molar-refractivity contribution in [3.8, 4) is 6.07 Å². The first-order valence-corrected chi connectivity index (χ1v) is 7.38. The average Bonchev–Trinajstić information content (AvgIpc) is 2.35. The van der Waals surface area contributed by atoms with E-state index in [0.717, 1.165) is 4.90 Å². The van der Waals surface area contributed by atoms with Crippen LogP contribution >= 0.6 is 0 Å². The molecule has 0 aromatic carbocycles. The fourth-order valence-electron chi connectivity index (χ4n) is 1.67. The normalized spacial score (nSPS) is 16.8. The molecule has 2 amide bonds. The first-order chi connectivity index (χ1) is 9.53. The number of carbonyl (C=O) groups is 2. The summed E-state index contributed by atoms with van der Waals surface area (Å²) >= 11 is 0. The van der Waals surface area contributed by atoms with Crippen LogP contribution < -0.4 is 15.5 Å². The monoisotopic (exact) mass is 297 g/mol. The van der Waals surface area contributed by atoms with Crippen molar-refractivity contribution in [2.75, 3.05) is 13.6 Å². The lowest BCUT2D eigenvalue weighted by Crippen LogP contribution is -3.15. The van der Waals surface area contributed by atoms with E-state index in [0.29, 0.717) is 0 Å². The highest BCUT2D eigenvalue weighted by molar-refractivity contribution is 5.82. The molecule has 120 valence electrons. The maximum atomic E-state index is 12.3. The molecule has 6 heteroatoms. The molecule has 0 aliphatic carbocycles. The van der Waals surface area contributed by atoms with Crippen LogP contribution in [0.15, 0.2) is 0 Å². The van der Waals surface area contributed by atoms with Gasteiger partial charge in [0.2, 0.25) is 0 Å². The molecule has 0 heterocycles. The highest BCUT2D eigenvalue weighted by Crippen LogP contribution is 2.14. The van der Waals surface area contributed by atoms with Gasteiger partial charge in [-0.05, 0) is 33.6 Å². The Morgan fingerprint density at radius 3 is 2.14 bits per heavy atom. The SMILES string of the molecule is CC(C)NC(=O)C[NH+](C)[C@H](C)C(=O)N[C@@](C)(C#N)C(C)C. The zero-order valence-electron chi connectivity index (χ0n) is 14.2. The predicted molar refractivity (Wildman–Crippen MR) is 81.5 cm³/mol. The Bertz CT molecular complexity index is 414. The number of quaternary nitrogens is 1. The second-order valence-electron chi connectivity index (χ2n) is 6.43. The molecule has 3 N–H and O–H groups in total. The van der Waals surface area contributed by atoms with Crippen LogP contribution in [0, 0.1) is 17.2 Å². The number of nitriles is 1. The van der Waals surface area contributed by atoms with Crippen molar-refractivity contribution in [1.82, 2.24) is 10.6 Å². The number of carbonyl (C=O) groups excluding carboxylic acids is 2. The fraction of sp³-hybridized carbons (Fsp3) is 0.800. The van der Waals surface area contributed by atoms with Crippen LogP contribution in [-0.4, -0.2) is 43.0 Å². The third-order valence-corrected chi connectivity index (χ3v) is 3.79. The van der Waals surface area contributed by atoms with Crippen LogP contribution in [-0.2, 0) is 9.59 Å². The van der Waals surface area contributed by atoms with E-state index < -0.39 is 11.6 Å². The van der Waals surface area contributed by atoms with Gasteiger partial charge in [0.1, 0.15) is 5.54 Å². The summed E-state index contributed by atoms with van der Waals surface area (Å²) in [5.74, 6) is -0.306. The Morgan fingerprint density at radius 2 is 1.76 bits per heavy atom. The molecule has 0 aliphatic rings. The third-order valence-electron chi connectivity index (χ3n) is 3.79. The molecule has 0 aromatic rings. The molecule has 0 radical (unpaired) electrons. The van der Waals surface area contributed by atoms with Gasteiger partial charge in [0.15, 0.2) is 12.6 Å². The first kappa shape index (κ1) is 19.4. The van der Waals surface area contributed by atoms with Crippen molar-refractivity contribution in [2.24, 2.45) is 5.92 Å². The Kier molecular flexibility index (Phi) is 7.37. The molecule has 0 rings (SSSR count). The van der Waals surface area contributed by atoms with Gasteiger partial charge < -0.3 is 15.5 Å². The maximum Gasteiger partial charge on any atom is 0.279 e. The van der Waals surface area contributed by atoms with Gasteiger partial charge in [-0.2, -0.15) is 5.26 Å². The van der Waals surface area contributed by atoms with Crippen molar-refractivity contribution in [3.63, 3.8) is 0 Å². The van der Waals surface area contributed by atoms with Crippen LogP contribution in [0.1, 0.15) is 41.5 Å². The smallest absolute Gasteiger partial charge is 0.279 e. The lowest BCUT2D eigenvalue weighted by molar-refractivity contribution is -0.886. The second-order valence-corrected chi connectivity index (χ2v) is 6.43. The van der Waals surface area contributed by atoms with E-state index in [1.54, 1.807) is 20.9 Å². The van der Waals surface area contributed by atoms with Crippen molar-refractivity contribution >= 4 is 11.8 Å². The summed E-state index contributed by atoms with van der Waals surface area (Å²) in [6.45, 7) is 11.3. The van der Waals surface area contributed by atoms with E-state index in [1.807, 2.05) is 27.7 Å². The van der Waals surface area contributed by atoms with Crippen molar-refractivity contribution in [2.45, 2.75) is 59.2 Å². The van der Waals surface area contributed by atoms with E-state index >= 15 is 0 Å². The molecular weight excluding hydrogens is 268 g/mol. The lowest BCUT2D eigenvalue weighted by atomic mass is 9.90. The largest absolute Gasteiger partial charge is 0.349 e. The molecule has 0 aromatic heterocycles. The van der Waals surface area contributed by atoms with Gasteiger partial charge in [-0.3, -0.25) is 9.59 Å². The molecule has 0 spiro atoms. The van der Waals surface area contributed by atoms with Crippen molar-refractivity contribution in [3.05, 3.63) is 0 Å². The summed E-state index contributed by atoms with van der Waals surface area (Å²) in [6.07, 6.45) is 0. The van der Waals surface area contributed by atoms with Gasteiger partial charge >= 0.3 is 0 Å². The summed E-state index contributed by atoms with van der Waals surface area (Å²) in [5.41, 5.74) is -0.897. The zero-order valence-corrected chi connectivity index (χ0v) is 14.2. The fourth-order valence-corrected chi connectivity index (χ4v) is 1.67. The summed E-state index contributed by atoms with van der Waals surface area (Å²) in [7, 11) is 1.79. The topological polar surface area (TPSA) is 86.4 Å². The highest BCUT2D eigenvalue weighted by atomic mass is 16.2. The van der Waals surface area contributed by atoms with Crippen molar-refractivity contribution in [1.29, 1.82) is 5.26 Å². The number of nitrogens with zero attached hydrogens (tertiary/aromatic N) is 1. The Morgan fingerprint density at radius 1 is 1.24 bits per heavy atom. The molecule has 0 aliphatic heterocycles. The van der Waals surface area contributed by atoms with Gasteiger partial charge in [-0.25, -0.2) is 0 Å². The number of likely N-dealkylation sites (N-methyl/N-ethyl adjacent to an activating group) is 1. The number of hydrogen-bond donors (Lipinski definition) is 3. The van der Waals surface area contributed by atoms with E-state index in [9.17, 15) is 14.9 Å². The van der Waals surface area contributed by atoms with Gasteiger partial charge in [0, 0.05) is 6.04 Å². The van der Waals surface area contributed by atoms with Gasteiger partial charge in [-0.15, -0.1) is 0 Å². The van der Waals surface area contributed by atoms with Crippen molar-refractivity contribution < 1.29 is 14.5 Å². The summed E-state index contributed by atoms with van der Waals surface area (Å²) in [6, 6.07) is 1.82. The Labute approximate surface area is 127 Å². The average molecular weight is 297 g/mol. The van der Waals surface area contributed by atoms with Crippen LogP contribution in [0.4, 0.5) is 0 Å². The van der Waals surface area contributed by atoms with E-state index in [-0.39, 0.29) is 30.3 Å². The van der Waals surface area contributed by atoms with E-state index in [2.05, 4.69) is 16.7 Å². The first-order valence-electron chi connectivity index (χ1n) is 7.38. The van der Waals surface area contributed by atoms with Gasteiger partial charge in [-0.1, -0.05) is 13.8 Å². The standard InChI is InChI=1S/C15H28N4O2/c1-10(2)15(6,9-16)18-14(21)12(5)19(7)8-13(20)17-11(3)4/h10-12H,8H2,1-7H3,(H,17,20)(H,18,21)/p+1/t12-,15+/m1/s1. The van der Waals surface area contributed by atoms with Crippen LogP contribution in [0.2, 0.25) is 0 Å². The summed E-state index contributed by atoms with van der Waals surface area (Å²) < 4.78 is 0. The molecule has 0 bridgehead atoms. The predicted octanol–water partition coefficient (Wildman–Crippen LogP) is -0.531. The maximum absolute atomic E-state index is 12.3. The highest BCUT2D eigenvalue weighted by Gasteiger charge is 2.34. The summed E-state index contributed by atoms with van der Waals surface area (Å²) in [5, 5.41) is 14.8. The molecule has 6 nitrogen and oxygen atoms in total. The molecule has 0 saturated carbocycles. The third kappa shape index (κ3) is 6.13. The number of rotatable bonds is 7. The minimum absolute atomic E-state index is 0.00296. The number of hydrogen-bond acceptors (Lipinski definition) is 3. The zero-order chi connectivity index (χ0) is 16.8. The molecule has 21 heavy (non-hydrogen) atoms. The minimum Gasteiger partial charge on any atom is -0.349 e. The van der Waals surface area contributed by atoms with E-state index in [4.69, 9.17) is 0 Å². The second kappa shape index (κ2) is 7.99. The summed E-state index contributed by atoms with van der Waals surface area (Å²) in [4.78, 5) is 24.8. The molecule has 1 unspecified atom stereocenters. The molecule has 0 fully saturated rings. The van der Waals surface area contributed by atoms with Crippen LogP contribution in [0.5, 0.6) is 0 Å². The van der Waals surface area contributed by atoms with Gasteiger partial charge in [0.05, 0.1) is 13.1 Å². The van der Waals surface area contributed by atoms with Crippen LogP contribution in [0.25, 0.3) is 0 Å². The van der Waals surface area contributed by atoms with E-state index in [1.165, 1.54) is 0 Å². The van der Waals surface area contributed by atoms with Gasteiger partial charge in [0.25, 0.3) is 11.8 Å². The Balaban J connectivity index is 4.64. The van der Waals surface area contributed by atoms with Crippen LogP contribution in [0.3, 0.4) is 0 Å². The minimum atomic E-state index is -0.897. The number of amides is 2. The lowest BCUT2D eigenvalue weighted by Gasteiger charge is -2.30. The quantitative estimate of drug-likeness (QED) is 0.590.